The highest BCUT2D eigenvalue weighted by Crippen LogP contribution is 2.20. The Kier molecular flexibility index (Phi) is 4.37. The molecule has 1 aromatic heterocycles. The minimum absolute atomic E-state index is 0.240. The van der Waals surface area contributed by atoms with Gasteiger partial charge in [0.05, 0.1) is 5.56 Å². The fraction of sp³-hybridized carbons (Fsp3) is 0.571. The molecule has 1 atom stereocenters. The van der Waals surface area contributed by atoms with Gasteiger partial charge in [-0.1, -0.05) is 6.92 Å². The van der Waals surface area contributed by atoms with Crippen molar-refractivity contribution in [3.8, 4) is 0 Å². The van der Waals surface area contributed by atoms with Gasteiger partial charge in [0, 0.05) is 25.3 Å². The zero-order chi connectivity index (χ0) is 13.8. The van der Waals surface area contributed by atoms with E-state index in [-0.39, 0.29) is 5.56 Å². The Morgan fingerprint density at radius 3 is 2.84 bits per heavy atom. The molecule has 1 saturated heterocycles. The lowest BCUT2D eigenvalue weighted by Crippen LogP contribution is -2.40. The monoisotopic (exact) mass is 263 g/mol. The third kappa shape index (κ3) is 3.23. The van der Waals surface area contributed by atoms with Crippen molar-refractivity contribution in [2.45, 2.75) is 25.8 Å². The summed E-state index contributed by atoms with van der Waals surface area (Å²) < 4.78 is 0. The smallest absolute Gasteiger partial charge is 0.337 e. The number of likely N-dealkylation sites (N-methyl/N-ethyl adjacent to an activating group) is 1. The van der Waals surface area contributed by atoms with Crippen molar-refractivity contribution in [1.82, 2.24) is 9.88 Å². The first kappa shape index (κ1) is 13.8. The van der Waals surface area contributed by atoms with Crippen molar-refractivity contribution < 1.29 is 9.90 Å². The van der Waals surface area contributed by atoms with Crippen molar-refractivity contribution in [3.05, 3.63) is 23.9 Å². The van der Waals surface area contributed by atoms with E-state index in [1.54, 1.807) is 6.07 Å². The van der Waals surface area contributed by atoms with Gasteiger partial charge in [0.2, 0.25) is 0 Å². The predicted octanol–water partition coefficient (Wildman–Crippen LogP) is 1.70. The highest BCUT2D eigenvalue weighted by molar-refractivity contribution is 5.87. The number of hydrogen-bond acceptors (Lipinski definition) is 4. The molecule has 19 heavy (non-hydrogen) atoms. The van der Waals surface area contributed by atoms with E-state index in [1.807, 2.05) is 6.07 Å². The Hall–Kier alpha value is -1.62. The summed E-state index contributed by atoms with van der Waals surface area (Å²) in [6.45, 7) is 5.28. The second-order valence-corrected chi connectivity index (χ2v) is 5.08. The molecule has 104 valence electrons. The lowest BCUT2D eigenvalue weighted by Gasteiger charge is -2.31. The van der Waals surface area contributed by atoms with E-state index < -0.39 is 5.97 Å². The zero-order valence-electron chi connectivity index (χ0n) is 11.5. The van der Waals surface area contributed by atoms with Crippen LogP contribution >= 0.6 is 0 Å². The van der Waals surface area contributed by atoms with E-state index in [2.05, 4.69) is 28.8 Å². The van der Waals surface area contributed by atoms with Crippen LogP contribution < -0.4 is 4.90 Å². The summed E-state index contributed by atoms with van der Waals surface area (Å²) in [5.41, 5.74) is 0.240. The molecule has 1 unspecified atom stereocenters. The number of carbonyl (C=O) groups is 1. The number of rotatable bonds is 3. The van der Waals surface area contributed by atoms with Crippen LogP contribution in [-0.4, -0.2) is 53.7 Å². The Balaban J connectivity index is 2.20. The van der Waals surface area contributed by atoms with Crippen LogP contribution in [0.25, 0.3) is 0 Å². The second-order valence-electron chi connectivity index (χ2n) is 5.08. The third-order valence-electron chi connectivity index (χ3n) is 3.66. The lowest BCUT2D eigenvalue weighted by atomic mass is 10.1. The highest BCUT2D eigenvalue weighted by atomic mass is 16.4. The minimum atomic E-state index is -0.929. The average Bonchev–Trinajstić information content (AvgIpc) is 2.60. The van der Waals surface area contributed by atoms with E-state index in [0.717, 1.165) is 38.3 Å². The first-order valence-corrected chi connectivity index (χ1v) is 6.76. The summed E-state index contributed by atoms with van der Waals surface area (Å²) in [4.78, 5) is 19.8. The van der Waals surface area contributed by atoms with Gasteiger partial charge in [0.1, 0.15) is 5.82 Å². The maximum atomic E-state index is 10.8. The SMILES string of the molecule is CCC1CN(C)CCCN1c1ccc(C(=O)O)cn1. The molecular formula is C14H21N3O2. The van der Waals surface area contributed by atoms with Gasteiger partial charge in [0.25, 0.3) is 0 Å². The largest absolute Gasteiger partial charge is 0.478 e. The topological polar surface area (TPSA) is 56.7 Å². The Bertz CT molecular complexity index is 433. The van der Waals surface area contributed by atoms with Crippen LogP contribution in [0.2, 0.25) is 0 Å². The van der Waals surface area contributed by atoms with Gasteiger partial charge in [-0.15, -0.1) is 0 Å². The molecule has 0 saturated carbocycles. The summed E-state index contributed by atoms with van der Waals surface area (Å²) in [6.07, 6.45) is 3.61. The van der Waals surface area contributed by atoms with Crippen LogP contribution in [0, 0.1) is 0 Å². The highest BCUT2D eigenvalue weighted by Gasteiger charge is 2.23. The molecule has 0 spiro atoms. The fourth-order valence-corrected chi connectivity index (χ4v) is 2.58. The molecule has 1 fully saturated rings. The summed E-state index contributed by atoms with van der Waals surface area (Å²) in [7, 11) is 2.15. The van der Waals surface area contributed by atoms with Crippen LogP contribution in [0.3, 0.4) is 0 Å². The number of nitrogens with zero attached hydrogens (tertiary/aromatic N) is 3. The molecule has 1 aliphatic heterocycles. The fourth-order valence-electron chi connectivity index (χ4n) is 2.58. The van der Waals surface area contributed by atoms with Crippen molar-refractivity contribution in [2.75, 3.05) is 31.6 Å². The van der Waals surface area contributed by atoms with E-state index >= 15 is 0 Å². The van der Waals surface area contributed by atoms with Crippen molar-refractivity contribution in [3.63, 3.8) is 0 Å². The molecule has 2 rings (SSSR count). The first-order chi connectivity index (χ1) is 9.11. The van der Waals surface area contributed by atoms with Gasteiger partial charge in [-0.3, -0.25) is 0 Å². The molecule has 1 N–H and O–H groups in total. The molecule has 0 bridgehead atoms. The number of aromatic nitrogens is 1. The molecule has 1 aromatic rings. The second kappa shape index (κ2) is 6.02. The number of hydrogen-bond donors (Lipinski definition) is 1. The maximum absolute atomic E-state index is 10.8. The van der Waals surface area contributed by atoms with Crippen LogP contribution in [0.5, 0.6) is 0 Å². The molecule has 0 aliphatic carbocycles. The summed E-state index contributed by atoms with van der Waals surface area (Å²) in [5, 5.41) is 8.90. The normalized spacial score (nSPS) is 21.2. The van der Waals surface area contributed by atoms with Crippen molar-refractivity contribution in [2.24, 2.45) is 0 Å². The van der Waals surface area contributed by atoms with Gasteiger partial charge in [-0.25, -0.2) is 9.78 Å². The lowest BCUT2D eigenvalue weighted by molar-refractivity contribution is 0.0696. The predicted molar refractivity (Wildman–Crippen MR) is 74.7 cm³/mol. The average molecular weight is 263 g/mol. The van der Waals surface area contributed by atoms with Crippen molar-refractivity contribution in [1.29, 1.82) is 0 Å². The number of carboxylic acid groups (broad SMARTS) is 1. The van der Waals surface area contributed by atoms with Gasteiger partial charge in [0.15, 0.2) is 0 Å². The number of pyridine rings is 1. The number of anilines is 1. The standard InChI is InChI=1S/C14H21N3O2/c1-3-12-10-16(2)7-4-8-17(12)13-6-5-11(9-15-13)14(18)19/h5-6,9,12H,3-4,7-8,10H2,1-2H3,(H,18,19). The summed E-state index contributed by atoms with van der Waals surface area (Å²) in [6, 6.07) is 3.89. The molecule has 0 radical (unpaired) electrons. The molecule has 5 nitrogen and oxygen atoms in total. The Labute approximate surface area is 113 Å². The minimum Gasteiger partial charge on any atom is -0.478 e. The molecule has 0 aromatic carbocycles. The van der Waals surface area contributed by atoms with E-state index in [0.29, 0.717) is 6.04 Å². The number of aromatic carboxylic acids is 1. The molecular weight excluding hydrogens is 242 g/mol. The zero-order valence-corrected chi connectivity index (χ0v) is 11.5. The summed E-state index contributed by atoms with van der Waals surface area (Å²) >= 11 is 0. The third-order valence-corrected chi connectivity index (χ3v) is 3.66. The quantitative estimate of drug-likeness (QED) is 0.899. The Morgan fingerprint density at radius 2 is 2.26 bits per heavy atom. The van der Waals surface area contributed by atoms with Gasteiger partial charge in [-0.05, 0) is 38.6 Å². The first-order valence-electron chi connectivity index (χ1n) is 6.76. The Morgan fingerprint density at radius 1 is 1.47 bits per heavy atom. The van der Waals surface area contributed by atoms with Crippen LogP contribution in [-0.2, 0) is 0 Å². The molecule has 0 amide bonds. The van der Waals surface area contributed by atoms with Crippen LogP contribution in [0.15, 0.2) is 18.3 Å². The van der Waals surface area contributed by atoms with Crippen molar-refractivity contribution >= 4 is 11.8 Å². The van der Waals surface area contributed by atoms with Gasteiger partial charge >= 0.3 is 5.97 Å². The number of carboxylic acids is 1. The summed E-state index contributed by atoms with van der Waals surface area (Å²) in [5.74, 6) is -0.0474. The van der Waals surface area contributed by atoms with Gasteiger partial charge in [-0.2, -0.15) is 0 Å². The molecule has 2 heterocycles. The maximum Gasteiger partial charge on any atom is 0.337 e. The molecule has 5 heteroatoms. The molecule has 1 aliphatic rings. The van der Waals surface area contributed by atoms with E-state index in [9.17, 15) is 4.79 Å². The van der Waals surface area contributed by atoms with E-state index in [4.69, 9.17) is 5.11 Å². The van der Waals surface area contributed by atoms with E-state index in [1.165, 1.54) is 6.20 Å². The van der Waals surface area contributed by atoms with Crippen LogP contribution in [0.4, 0.5) is 5.82 Å². The van der Waals surface area contributed by atoms with Gasteiger partial charge < -0.3 is 14.9 Å². The van der Waals surface area contributed by atoms with Crippen LogP contribution in [0.1, 0.15) is 30.1 Å².